The van der Waals surface area contributed by atoms with E-state index in [0.717, 1.165) is 65.7 Å². The average Bonchev–Trinajstić information content (AvgIpc) is 3.48. The van der Waals surface area contributed by atoms with Crippen molar-refractivity contribution >= 4 is 33.7 Å². The maximum absolute atomic E-state index is 11.8. The predicted octanol–water partition coefficient (Wildman–Crippen LogP) is 5.26. The van der Waals surface area contributed by atoms with Crippen LogP contribution in [0.4, 0.5) is 5.82 Å². The molecule has 2 N–H and O–H groups in total. The quantitative estimate of drug-likeness (QED) is 0.357. The number of unbranched alkanes of at least 4 members (excludes halogenated alkanes) is 2. The average molecular weight is 466 g/mol. The lowest BCUT2D eigenvalue weighted by Crippen LogP contribution is -2.28. The molecular formula is C27H39N5O2. The second-order valence-corrected chi connectivity index (χ2v) is 9.71. The molecule has 0 bridgehead atoms. The van der Waals surface area contributed by atoms with Crippen LogP contribution in [0.1, 0.15) is 78.0 Å². The lowest BCUT2D eigenvalue weighted by atomic mass is 10.2. The van der Waals surface area contributed by atoms with Crippen LogP contribution in [-0.4, -0.2) is 39.8 Å². The van der Waals surface area contributed by atoms with Crippen molar-refractivity contribution in [1.29, 1.82) is 0 Å². The minimum atomic E-state index is 0.0172. The molecular weight excluding hydrogens is 426 g/mol. The zero-order chi connectivity index (χ0) is 23.9. The zero-order valence-electron chi connectivity index (χ0n) is 20.9. The Labute approximate surface area is 202 Å². The molecule has 1 aliphatic rings. The summed E-state index contributed by atoms with van der Waals surface area (Å²) in [5, 5.41) is 7.74. The van der Waals surface area contributed by atoms with Crippen molar-refractivity contribution in [2.24, 2.45) is 5.92 Å². The number of hydrogen-bond acceptors (Lipinski definition) is 5. The number of aryl methyl sites for hydroxylation is 1. The number of nitrogens with one attached hydrogen (secondary N) is 2. The minimum Gasteiger partial charge on any atom is -0.412 e. The van der Waals surface area contributed by atoms with Crippen molar-refractivity contribution in [3.05, 3.63) is 30.1 Å². The van der Waals surface area contributed by atoms with Crippen molar-refractivity contribution < 1.29 is 9.63 Å². The van der Waals surface area contributed by atoms with Gasteiger partial charge in [0.15, 0.2) is 5.82 Å². The Bertz CT molecular complexity index is 1100. The molecule has 0 saturated heterocycles. The summed E-state index contributed by atoms with van der Waals surface area (Å²) in [6, 6.07) is 8.72. The van der Waals surface area contributed by atoms with Gasteiger partial charge in [0.25, 0.3) is 0 Å². The van der Waals surface area contributed by atoms with Gasteiger partial charge in [-0.2, -0.15) is 4.73 Å². The van der Waals surface area contributed by atoms with E-state index in [4.69, 9.17) is 14.8 Å². The van der Waals surface area contributed by atoms with Gasteiger partial charge in [-0.15, -0.1) is 0 Å². The van der Waals surface area contributed by atoms with Crippen LogP contribution in [0.15, 0.2) is 24.3 Å². The molecule has 34 heavy (non-hydrogen) atoms. The van der Waals surface area contributed by atoms with E-state index in [1.54, 1.807) is 0 Å². The molecule has 0 aliphatic heterocycles. The van der Waals surface area contributed by atoms with Crippen LogP contribution in [-0.2, 0) is 11.2 Å². The normalized spacial score (nSPS) is 14.4. The smallest absolute Gasteiger partial charge is 0.222 e. The second-order valence-electron chi connectivity index (χ2n) is 9.71. The Morgan fingerprint density at radius 2 is 1.94 bits per heavy atom. The number of carbonyl (C=O) groups is 1. The monoisotopic (exact) mass is 465 g/mol. The minimum absolute atomic E-state index is 0.0172. The Kier molecular flexibility index (Phi) is 8.25. The molecule has 0 spiro atoms. The van der Waals surface area contributed by atoms with Gasteiger partial charge in [-0.3, -0.25) is 4.79 Å². The Morgan fingerprint density at radius 1 is 1.15 bits per heavy atom. The fraction of sp³-hybridized carbons (Fsp3) is 0.593. The van der Waals surface area contributed by atoms with Crippen molar-refractivity contribution in [2.45, 2.75) is 84.6 Å². The summed E-state index contributed by atoms with van der Waals surface area (Å²) in [5.74, 6) is 1.95. The molecule has 7 nitrogen and oxygen atoms in total. The lowest BCUT2D eigenvalue weighted by Gasteiger charge is -2.15. The topological polar surface area (TPSA) is 81.1 Å². The van der Waals surface area contributed by atoms with E-state index in [2.05, 4.69) is 29.7 Å². The highest BCUT2D eigenvalue weighted by atomic mass is 16.7. The third kappa shape index (κ3) is 5.62. The number of carbonyl (C=O) groups excluding carboxylic acids is 1. The van der Waals surface area contributed by atoms with E-state index in [1.165, 1.54) is 25.7 Å². The number of para-hydroxylation sites is 1. The van der Waals surface area contributed by atoms with E-state index in [1.807, 2.05) is 30.7 Å². The number of pyridine rings is 1. The first-order chi connectivity index (χ1) is 16.6. The van der Waals surface area contributed by atoms with E-state index in [9.17, 15) is 4.79 Å². The van der Waals surface area contributed by atoms with Gasteiger partial charge in [-0.05, 0) is 38.2 Å². The fourth-order valence-corrected chi connectivity index (χ4v) is 4.59. The number of imidazole rings is 1. The largest absolute Gasteiger partial charge is 0.412 e. The summed E-state index contributed by atoms with van der Waals surface area (Å²) in [7, 11) is 0. The summed E-state index contributed by atoms with van der Waals surface area (Å²) in [5.41, 5.74) is 2.87. The molecule has 1 saturated carbocycles. The maximum Gasteiger partial charge on any atom is 0.222 e. The number of hydrogen-bond donors (Lipinski definition) is 2. The lowest BCUT2D eigenvalue weighted by molar-refractivity contribution is -0.123. The van der Waals surface area contributed by atoms with Crippen LogP contribution in [0.3, 0.4) is 0 Å². The van der Waals surface area contributed by atoms with Gasteiger partial charge in [0.05, 0.1) is 5.52 Å². The van der Waals surface area contributed by atoms with Gasteiger partial charge in [0.1, 0.15) is 23.5 Å². The molecule has 1 aliphatic carbocycles. The summed E-state index contributed by atoms with van der Waals surface area (Å²) in [6.45, 7) is 7.27. The van der Waals surface area contributed by atoms with Crippen molar-refractivity contribution in [1.82, 2.24) is 20.0 Å². The molecule has 2 aromatic heterocycles. The van der Waals surface area contributed by atoms with Gasteiger partial charge in [-0.25, -0.2) is 9.97 Å². The van der Waals surface area contributed by atoms with Gasteiger partial charge >= 0.3 is 0 Å². The molecule has 2 heterocycles. The number of fused-ring (bicyclic) bond motifs is 3. The summed E-state index contributed by atoms with van der Waals surface area (Å²) in [6.07, 6.45) is 9.68. The molecule has 4 rings (SSSR count). The third-order valence-electron chi connectivity index (χ3n) is 6.58. The van der Waals surface area contributed by atoms with E-state index in [-0.39, 0.29) is 11.8 Å². The standard InChI is InChI=1S/C27H39N5O2/c1-4-5-16-23-31-24-25(32(23)34-18-11-10-17-28-27(33)19(2)3)21-14-8-9-15-22(21)30-26(24)29-20-12-6-7-13-20/h8-9,14-15,19-20H,4-7,10-13,16-18H2,1-3H3,(H,28,33)(H,29,30). The third-order valence-corrected chi connectivity index (χ3v) is 6.58. The molecule has 1 amide bonds. The van der Waals surface area contributed by atoms with Crippen LogP contribution in [0.5, 0.6) is 0 Å². The number of aromatic nitrogens is 3. The molecule has 1 fully saturated rings. The summed E-state index contributed by atoms with van der Waals surface area (Å²) < 4.78 is 1.96. The number of anilines is 1. The molecule has 0 unspecified atom stereocenters. The van der Waals surface area contributed by atoms with Gasteiger partial charge in [0.2, 0.25) is 5.91 Å². The SMILES string of the molecule is CCCCc1nc2c(NC3CCCC3)nc3ccccc3c2n1OCCCCNC(=O)C(C)C. The number of benzene rings is 1. The first kappa shape index (κ1) is 24.3. The molecule has 7 heteroatoms. The van der Waals surface area contributed by atoms with E-state index < -0.39 is 0 Å². The van der Waals surface area contributed by atoms with Crippen molar-refractivity contribution in [3.8, 4) is 0 Å². The highest BCUT2D eigenvalue weighted by molar-refractivity contribution is 6.06. The van der Waals surface area contributed by atoms with E-state index >= 15 is 0 Å². The second kappa shape index (κ2) is 11.5. The summed E-state index contributed by atoms with van der Waals surface area (Å²) >= 11 is 0. The van der Waals surface area contributed by atoms with Crippen molar-refractivity contribution in [3.63, 3.8) is 0 Å². The predicted molar refractivity (Wildman–Crippen MR) is 138 cm³/mol. The van der Waals surface area contributed by atoms with E-state index in [0.29, 0.717) is 19.2 Å². The number of rotatable bonds is 12. The molecule has 1 aromatic carbocycles. The van der Waals surface area contributed by atoms with Gasteiger partial charge in [0, 0.05) is 30.3 Å². The first-order valence-electron chi connectivity index (χ1n) is 13.1. The van der Waals surface area contributed by atoms with Crippen LogP contribution < -0.4 is 15.5 Å². The Balaban J connectivity index is 1.59. The van der Waals surface area contributed by atoms with Crippen molar-refractivity contribution in [2.75, 3.05) is 18.5 Å². The molecule has 3 aromatic rings. The fourth-order valence-electron chi connectivity index (χ4n) is 4.59. The van der Waals surface area contributed by atoms with Crippen LogP contribution in [0.25, 0.3) is 21.9 Å². The number of amides is 1. The molecule has 184 valence electrons. The summed E-state index contributed by atoms with van der Waals surface area (Å²) in [4.78, 5) is 28.2. The highest BCUT2D eigenvalue weighted by Gasteiger charge is 2.22. The van der Waals surface area contributed by atoms with Gasteiger partial charge in [-0.1, -0.05) is 58.2 Å². The molecule has 0 atom stereocenters. The molecule has 0 radical (unpaired) electrons. The Morgan fingerprint density at radius 3 is 2.71 bits per heavy atom. The number of nitrogens with zero attached hydrogens (tertiary/aromatic N) is 3. The van der Waals surface area contributed by atoms with Crippen LogP contribution >= 0.6 is 0 Å². The zero-order valence-corrected chi connectivity index (χ0v) is 20.9. The van der Waals surface area contributed by atoms with Crippen LogP contribution in [0.2, 0.25) is 0 Å². The maximum atomic E-state index is 11.8. The van der Waals surface area contributed by atoms with Gasteiger partial charge < -0.3 is 15.5 Å². The first-order valence-corrected chi connectivity index (χ1v) is 13.1. The van der Waals surface area contributed by atoms with Crippen LogP contribution in [0, 0.1) is 5.92 Å². The Hall–Kier alpha value is -2.83. The highest BCUT2D eigenvalue weighted by Crippen LogP contribution is 2.32.